The highest BCUT2D eigenvalue weighted by molar-refractivity contribution is 5.66. The zero-order valence-corrected chi connectivity index (χ0v) is 11.4. The fourth-order valence-electron chi connectivity index (χ4n) is 2.07. The summed E-state index contributed by atoms with van der Waals surface area (Å²) in [7, 11) is 1.93. The summed E-state index contributed by atoms with van der Waals surface area (Å²) in [6.07, 6.45) is 1.99. The SMILES string of the molecule is Cc1cc(N)cc(Nc2cn(C)nc2C(C)C)c1. The number of hydrogen-bond donors (Lipinski definition) is 2. The monoisotopic (exact) mass is 244 g/mol. The van der Waals surface area contributed by atoms with Gasteiger partial charge in [0.25, 0.3) is 0 Å². The molecule has 4 nitrogen and oxygen atoms in total. The molecule has 0 fully saturated rings. The topological polar surface area (TPSA) is 55.9 Å². The number of nitrogens with one attached hydrogen (secondary N) is 1. The molecule has 0 saturated carbocycles. The van der Waals surface area contributed by atoms with Gasteiger partial charge in [0.1, 0.15) is 0 Å². The molecular formula is C14H20N4. The van der Waals surface area contributed by atoms with Crippen LogP contribution in [-0.2, 0) is 7.05 Å². The molecule has 0 aliphatic carbocycles. The molecule has 18 heavy (non-hydrogen) atoms. The van der Waals surface area contributed by atoms with E-state index in [1.165, 1.54) is 0 Å². The molecule has 0 radical (unpaired) electrons. The van der Waals surface area contributed by atoms with Crippen LogP contribution >= 0.6 is 0 Å². The minimum absolute atomic E-state index is 0.385. The molecule has 0 aliphatic heterocycles. The molecule has 4 heteroatoms. The molecule has 0 amide bonds. The summed E-state index contributed by atoms with van der Waals surface area (Å²) in [5.41, 5.74) is 10.9. The Kier molecular flexibility index (Phi) is 3.28. The normalized spacial score (nSPS) is 10.9. The molecule has 2 rings (SSSR count). The summed E-state index contributed by atoms with van der Waals surface area (Å²) in [5.74, 6) is 0.385. The second-order valence-corrected chi connectivity index (χ2v) is 5.01. The Bertz CT molecular complexity index is 535. The minimum Gasteiger partial charge on any atom is -0.399 e. The lowest BCUT2D eigenvalue weighted by molar-refractivity contribution is 0.713. The van der Waals surface area contributed by atoms with E-state index in [2.05, 4.69) is 30.3 Å². The second-order valence-electron chi connectivity index (χ2n) is 5.01. The number of aryl methyl sites for hydroxylation is 2. The van der Waals surface area contributed by atoms with Crippen LogP contribution in [0.3, 0.4) is 0 Å². The largest absolute Gasteiger partial charge is 0.399 e. The van der Waals surface area contributed by atoms with Crippen LogP contribution < -0.4 is 11.1 Å². The van der Waals surface area contributed by atoms with Gasteiger partial charge in [-0.15, -0.1) is 0 Å². The second kappa shape index (κ2) is 4.72. The van der Waals surface area contributed by atoms with E-state index in [0.29, 0.717) is 5.92 Å². The third-order valence-electron chi connectivity index (χ3n) is 2.78. The number of nitrogens with zero attached hydrogens (tertiary/aromatic N) is 2. The molecule has 96 valence electrons. The molecule has 3 N–H and O–H groups in total. The van der Waals surface area contributed by atoms with E-state index in [-0.39, 0.29) is 0 Å². The third-order valence-corrected chi connectivity index (χ3v) is 2.78. The number of benzene rings is 1. The fraction of sp³-hybridized carbons (Fsp3) is 0.357. The third kappa shape index (κ3) is 2.64. The molecule has 0 saturated heterocycles. The Morgan fingerprint density at radius 1 is 1.28 bits per heavy atom. The lowest BCUT2D eigenvalue weighted by Crippen LogP contribution is -1.97. The summed E-state index contributed by atoms with van der Waals surface area (Å²) < 4.78 is 1.83. The number of rotatable bonds is 3. The standard InChI is InChI=1S/C14H20N4/c1-9(2)14-13(8-18(4)17-14)16-12-6-10(3)5-11(15)7-12/h5-9,16H,15H2,1-4H3. The zero-order valence-electron chi connectivity index (χ0n) is 11.4. The number of anilines is 3. The van der Waals surface area contributed by atoms with E-state index < -0.39 is 0 Å². The average molecular weight is 244 g/mol. The molecule has 0 unspecified atom stereocenters. The lowest BCUT2D eigenvalue weighted by atomic mass is 10.1. The van der Waals surface area contributed by atoms with Crippen molar-refractivity contribution in [1.29, 1.82) is 0 Å². The Morgan fingerprint density at radius 3 is 2.61 bits per heavy atom. The Labute approximate surface area is 108 Å². The van der Waals surface area contributed by atoms with Crippen molar-refractivity contribution < 1.29 is 0 Å². The summed E-state index contributed by atoms with van der Waals surface area (Å²) in [6.45, 7) is 6.31. The van der Waals surface area contributed by atoms with Crippen molar-refractivity contribution in [3.05, 3.63) is 35.7 Å². The molecule has 0 aliphatic rings. The predicted molar refractivity (Wildman–Crippen MR) is 76.2 cm³/mol. The summed E-state index contributed by atoms with van der Waals surface area (Å²) in [4.78, 5) is 0. The maximum absolute atomic E-state index is 5.86. The van der Waals surface area contributed by atoms with Gasteiger partial charge in [-0.2, -0.15) is 5.10 Å². The first-order valence-corrected chi connectivity index (χ1v) is 6.13. The van der Waals surface area contributed by atoms with Gasteiger partial charge in [-0.3, -0.25) is 4.68 Å². The van der Waals surface area contributed by atoms with Crippen LogP contribution in [0.4, 0.5) is 17.1 Å². The van der Waals surface area contributed by atoms with Gasteiger partial charge in [0.15, 0.2) is 0 Å². The Hall–Kier alpha value is -1.97. The molecule has 0 spiro atoms. The van der Waals surface area contributed by atoms with Crippen LogP contribution in [0.15, 0.2) is 24.4 Å². The maximum atomic E-state index is 5.86. The summed E-state index contributed by atoms with van der Waals surface area (Å²) in [6, 6.07) is 5.97. The maximum Gasteiger partial charge on any atom is 0.0884 e. The van der Waals surface area contributed by atoms with Crippen molar-refractivity contribution in [2.75, 3.05) is 11.1 Å². The van der Waals surface area contributed by atoms with Crippen LogP contribution in [0.5, 0.6) is 0 Å². The van der Waals surface area contributed by atoms with E-state index in [1.807, 2.05) is 37.0 Å². The first-order chi connectivity index (χ1) is 8.45. The smallest absolute Gasteiger partial charge is 0.0884 e. The first-order valence-electron chi connectivity index (χ1n) is 6.13. The molecule has 0 atom stereocenters. The molecule has 1 heterocycles. The van der Waals surface area contributed by atoms with Gasteiger partial charge in [-0.1, -0.05) is 13.8 Å². The molecule has 2 aromatic rings. The van der Waals surface area contributed by atoms with Crippen LogP contribution in [0.2, 0.25) is 0 Å². The van der Waals surface area contributed by atoms with Crippen molar-refractivity contribution in [2.45, 2.75) is 26.7 Å². The van der Waals surface area contributed by atoms with Gasteiger partial charge in [0, 0.05) is 24.6 Å². The van der Waals surface area contributed by atoms with Crippen molar-refractivity contribution in [2.24, 2.45) is 7.05 Å². The Balaban J connectivity index is 2.33. The van der Waals surface area contributed by atoms with Gasteiger partial charge in [-0.05, 0) is 36.6 Å². The van der Waals surface area contributed by atoms with Gasteiger partial charge < -0.3 is 11.1 Å². The number of aromatic nitrogens is 2. The van der Waals surface area contributed by atoms with Crippen LogP contribution in [-0.4, -0.2) is 9.78 Å². The van der Waals surface area contributed by atoms with E-state index in [1.54, 1.807) is 0 Å². The molecule has 0 bridgehead atoms. The highest BCUT2D eigenvalue weighted by atomic mass is 15.3. The van der Waals surface area contributed by atoms with Gasteiger partial charge in [0.2, 0.25) is 0 Å². The first kappa shape index (κ1) is 12.5. The van der Waals surface area contributed by atoms with E-state index in [0.717, 1.165) is 28.3 Å². The van der Waals surface area contributed by atoms with Gasteiger partial charge in [-0.25, -0.2) is 0 Å². The van der Waals surface area contributed by atoms with E-state index in [4.69, 9.17) is 5.73 Å². The molecular weight excluding hydrogens is 224 g/mol. The molecule has 1 aromatic carbocycles. The van der Waals surface area contributed by atoms with Crippen LogP contribution in [0.25, 0.3) is 0 Å². The van der Waals surface area contributed by atoms with Crippen molar-refractivity contribution >= 4 is 17.1 Å². The zero-order chi connectivity index (χ0) is 13.3. The van der Waals surface area contributed by atoms with Gasteiger partial charge >= 0.3 is 0 Å². The van der Waals surface area contributed by atoms with Crippen LogP contribution in [0.1, 0.15) is 31.0 Å². The minimum atomic E-state index is 0.385. The highest BCUT2D eigenvalue weighted by Gasteiger charge is 2.11. The fourth-order valence-corrected chi connectivity index (χ4v) is 2.07. The lowest BCUT2D eigenvalue weighted by Gasteiger charge is -2.09. The number of hydrogen-bond acceptors (Lipinski definition) is 3. The average Bonchev–Trinajstić information content (AvgIpc) is 2.57. The van der Waals surface area contributed by atoms with E-state index >= 15 is 0 Å². The van der Waals surface area contributed by atoms with Crippen molar-refractivity contribution in [3.63, 3.8) is 0 Å². The van der Waals surface area contributed by atoms with Crippen molar-refractivity contribution in [3.8, 4) is 0 Å². The predicted octanol–water partition coefficient (Wildman–Crippen LogP) is 3.18. The van der Waals surface area contributed by atoms with Gasteiger partial charge in [0.05, 0.1) is 11.4 Å². The quantitative estimate of drug-likeness (QED) is 0.815. The molecule has 1 aromatic heterocycles. The summed E-state index contributed by atoms with van der Waals surface area (Å²) in [5, 5.41) is 7.87. The summed E-state index contributed by atoms with van der Waals surface area (Å²) >= 11 is 0. The number of nitrogens with two attached hydrogens (primary N) is 1. The number of nitrogen functional groups attached to an aromatic ring is 1. The van der Waals surface area contributed by atoms with Crippen LogP contribution in [0, 0.1) is 6.92 Å². The Morgan fingerprint density at radius 2 is 2.00 bits per heavy atom. The highest BCUT2D eigenvalue weighted by Crippen LogP contribution is 2.27. The van der Waals surface area contributed by atoms with E-state index in [9.17, 15) is 0 Å². The van der Waals surface area contributed by atoms with Crippen molar-refractivity contribution in [1.82, 2.24) is 9.78 Å².